The average Bonchev–Trinajstić information content (AvgIpc) is 2.98. The molecule has 0 spiro atoms. The fourth-order valence-corrected chi connectivity index (χ4v) is 2.57. The number of rotatable bonds is 5. The van der Waals surface area contributed by atoms with Gasteiger partial charge in [-0.25, -0.2) is 4.39 Å². The number of nitrogens with one attached hydrogen (secondary N) is 1. The first-order valence-electron chi connectivity index (χ1n) is 7.37. The van der Waals surface area contributed by atoms with Crippen LogP contribution in [0.5, 0.6) is 11.5 Å². The summed E-state index contributed by atoms with van der Waals surface area (Å²) in [5.74, 6) is 0.511. The Morgan fingerprint density at radius 1 is 1.17 bits per heavy atom. The Labute approximate surface area is 138 Å². The van der Waals surface area contributed by atoms with E-state index in [4.69, 9.17) is 9.47 Å². The molecule has 6 heteroatoms. The molecule has 0 atom stereocenters. The minimum Gasteiger partial charge on any atom is -0.497 e. The van der Waals surface area contributed by atoms with Crippen LogP contribution < -0.4 is 14.8 Å². The van der Waals surface area contributed by atoms with Gasteiger partial charge in [-0.2, -0.15) is 0 Å². The quantitative estimate of drug-likeness (QED) is 0.780. The Balaban J connectivity index is 1.87. The molecule has 1 N–H and O–H groups in total. The van der Waals surface area contributed by atoms with Crippen molar-refractivity contribution >= 4 is 22.5 Å². The lowest BCUT2D eigenvalue weighted by atomic mass is 10.2. The maximum Gasteiger partial charge on any atom is 0.244 e. The van der Waals surface area contributed by atoms with Gasteiger partial charge in [0.2, 0.25) is 5.91 Å². The van der Waals surface area contributed by atoms with Crippen LogP contribution in [0.2, 0.25) is 0 Å². The second-order valence-corrected chi connectivity index (χ2v) is 5.23. The third kappa shape index (κ3) is 3.03. The number of nitrogens with zero attached hydrogens (tertiary/aromatic N) is 1. The predicted molar refractivity (Wildman–Crippen MR) is 90.1 cm³/mol. The third-order valence-corrected chi connectivity index (χ3v) is 3.74. The van der Waals surface area contributed by atoms with Gasteiger partial charge in [-0.1, -0.05) is 12.1 Å². The summed E-state index contributed by atoms with van der Waals surface area (Å²) >= 11 is 0. The summed E-state index contributed by atoms with van der Waals surface area (Å²) in [6.45, 7) is 0.0498. The van der Waals surface area contributed by atoms with Crippen LogP contribution in [0, 0.1) is 5.82 Å². The van der Waals surface area contributed by atoms with E-state index in [0.717, 1.165) is 10.9 Å². The molecular formula is C18H17FN2O3. The maximum atomic E-state index is 13.6. The van der Waals surface area contributed by atoms with Gasteiger partial charge in [0.1, 0.15) is 23.9 Å². The number of para-hydroxylation sites is 1. The number of fused-ring (bicyclic) bond motifs is 1. The van der Waals surface area contributed by atoms with E-state index in [1.54, 1.807) is 43.2 Å². The van der Waals surface area contributed by atoms with Crippen LogP contribution in [0.1, 0.15) is 0 Å². The van der Waals surface area contributed by atoms with E-state index >= 15 is 0 Å². The van der Waals surface area contributed by atoms with Gasteiger partial charge in [-0.15, -0.1) is 0 Å². The zero-order valence-corrected chi connectivity index (χ0v) is 13.4. The standard InChI is InChI=1S/C18H17FN2O3/c1-23-12-9-16-13(17(10-12)24-2)7-8-21(16)11-18(22)20-15-6-4-3-5-14(15)19/h3-10H,11H2,1-2H3,(H,20,22). The molecule has 1 aromatic heterocycles. The van der Waals surface area contributed by atoms with E-state index in [9.17, 15) is 9.18 Å². The maximum absolute atomic E-state index is 13.6. The van der Waals surface area contributed by atoms with Crippen molar-refractivity contribution in [3.8, 4) is 11.5 Å². The molecule has 124 valence electrons. The molecule has 3 rings (SSSR count). The number of methoxy groups -OCH3 is 2. The first-order valence-corrected chi connectivity index (χ1v) is 7.37. The van der Waals surface area contributed by atoms with Gasteiger partial charge in [0, 0.05) is 23.7 Å². The van der Waals surface area contributed by atoms with Gasteiger partial charge in [-0.05, 0) is 18.2 Å². The van der Waals surface area contributed by atoms with Gasteiger partial charge < -0.3 is 19.4 Å². The largest absolute Gasteiger partial charge is 0.497 e. The number of aromatic nitrogens is 1. The second-order valence-electron chi connectivity index (χ2n) is 5.23. The van der Waals surface area contributed by atoms with Crippen molar-refractivity contribution in [2.45, 2.75) is 6.54 Å². The fraction of sp³-hybridized carbons (Fsp3) is 0.167. The molecular weight excluding hydrogens is 311 g/mol. The van der Waals surface area contributed by atoms with Crippen LogP contribution in [0.4, 0.5) is 10.1 Å². The van der Waals surface area contributed by atoms with Crippen molar-refractivity contribution in [3.05, 3.63) is 54.5 Å². The SMILES string of the molecule is COc1cc(OC)c2ccn(CC(=O)Nc3ccccc3F)c2c1. The van der Waals surface area contributed by atoms with Gasteiger partial charge in [-0.3, -0.25) is 4.79 Å². The van der Waals surface area contributed by atoms with E-state index in [1.165, 1.54) is 12.1 Å². The van der Waals surface area contributed by atoms with Crippen LogP contribution in [0.3, 0.4) is 0 Å². The summed E-state index contributed by atoms with van der Waals surface area (Å²) in [5, 5.41) is 3.45. The molecule has 0 aliphatic rings. The number of hydrogen-bond acceptors (Lipinski definition) is 3. The summed E-state index contributed by atoms with van der Waals surface area (Å²) in [7, 11) is 3.15. The zero-order valence-electron chi connectivity index (χ0n) is 13.4. The molecule has 0 saturated heterocycles. The summed E-state index contributed by atoms with van der Waals surface area (Å²) in [6.07, 6.45) is 1.79. The number of carbonyl (C=O) groups excluding carboxylic acids is 1. The highest BCUT2D eigenvalue weighted by Crippen LogP contribution is 2.31. The number of carbonyl (C=O) groups is 1. The van der Waals surface area contributed by atoms with Gasteiger partial charge in [0.05, 0.1) is 25.4 Å². The highest BCUT2D eigenvalue weighted by Gasteiger charge is 2.12. The molecule has 2 aromatic carbocycles. The second kappa shape index (κ2) is 6.62. The van der Waals surface area contributed by atoms with Gasteiger partial charge in [0.25, 0.3) is 0 Å². The van der Waals surface area contributed by atoms with E-state index in [1.807, 2.05) is 12.1 Å². The van der Waals surface area contributed by atoms with Crippen LogP contribution in [-0.2, 0) is 11.3 Å². The van der Waals surface area contributed by atoms with E-state index < -0.39 is 5.82 Å². The molecule has 1 heterocycles. The number of hydrogen-bond donors (Lipinski definition) is 1. The number of ether oxygens (including phenoxy) is 2. The minimum absolute atomic E-state index is 0.0498. The molecule has 24 heavy (non-hydrogen) atoms. The first-order chi connectivity index (χ1) is 11.6. The van der Waals surface area contributed by atoms with Crippen molar-refractivity contribution in [1.82, 2.24) is 4.57 Å². The average molecular weight is 328 g/mol. The van der Waals surface area contributed by atoms with Crippen molar-refractivity contribution in [2.24, 2.45) is 0 Å². The molecule has 0 saturated carbocycles. The number of benzene rings is 2. The number of amides is 1. The summed E-state index contributed by atoms with van der Waals surface area (Å²) in [4.78, 5) is 12.2. The topological polar surface area (TPSA) is 52.5 Å². The number of halogens is 1. The summed E-state index contributed by atoms with van der Waals surface area (Å²) in [6, 6.07) is 11.5. The van der Waals surface area contributed by atoms with Crippen molar-refractivity contribution in [3.63, 3.8) is 0 Å². The van der Waals surface area contributed by atoms with Gasteiger partial charge in [0.15, 0.2) is 0 Å². The predicted octanol–water partition coefficient (Wildman–Crippen LogP) is 3.44. The van der Waals surface area contributed by atoms with Crippen molar-refractivity contribution < 1.29 is 18.7 Å². The molecule has 3 aromatic rings. The molecule has 0 unspecified atom stereocenters. The van der Waals surface area contributed by atoms with E-state index in [0.29, 0.717) is 11.5 Å². The molecule has 0 fully saturated rings. The summed E-state index contributed by atoms with van der Waals surface area (Å²) < 4.78 is 26.0. The van der Waals surface area contributed by atoms with Crippen LogP contribution in [-0.4, -0.2) is 24.7 Å². The first kappa shape index (κ1) is 15.9. The van der Waals surface area contributed by atoms with Crippen LogP contribution in [0.15, 0.2) is 48.7 Å². The molecule has 0 aliphatic carbocycles. The monoisotopic (exact) mass is 328 g/mol. The molecule has 0 aliphatic heterocycles. The Hall–Kier alpha value is -3.02. The van der Waals surface area contributed by atoms with E-state index in [-0.39, 0.29) is 18.1 Å². The van der Waals surface area contributed by atoms with Crippen LogP contribution >= 0.6 is 0 Å². The third-order valence-electron chi connectivity index (χ3n) is 3.74. The normalized spacial score (nSPS) is 10.6. The fourth-order valence-electron chi connectivity index (χ4n) is 2.57. The zero-order chi connectivity index (χ0) is 17.1. The highest BCUT2D eigenvalue weighted by atomic mass is 19.1. The smallest absolute Gasteiger partial charge is 0.244 e. The van der Waals surface area contributed by atoms with Gasteiger partial charge >= 0.3 is 0 Å². The highest BCUT2D eigenvalue weighted by molar-refractivity contribution is 5.93. The molecule has 1 amide bonds. The Morgan fingerprint density at radius 2 is 1.96 bits per heavy atom. The van der Waals surface area contributed by atoms with E-state index in [2.05, 4.69) is 5.32 Å². The van der Waals surface area contributed by atoms with Crippen molar-refractivity contribution in [1.29, 1.82) is 0 Å². The molecule has 0 radical (unpaired) electrons. The lowest BCUT2D eigenvalue weighted by molar-refractivity contribution is -0.116. The Kier molecular flexibility index (Phi) is 4.37. The number of anilines is 1. The summed E-state index contributed by atoms with van der Waals surface area (Å²) in [5.41, 5.74) is 0.962. The lowest BCUT2D eigenvalue weighted by Crippen LogP contribution is -2.18. The lowest BCUT2D eigenvalue weighted by Gasteiger charge is -2.10. The van der Waals surface area contributed by atoms with Crippen LogP contribution in [0.25, 0.3) is 10.9 Å². The Morgan fingerprint density at radius 3 is 2.67 bits per heavy atom. The minimum atomic E-state index is -0.466. The Bertz CT molecular complexity index is 889. The van der Waals surface area contributed by atoms with Crippen molar-refractivity contribution in [2.75, 3.05) is 19.5 Å². The molecule has 5 nitrogen and oxygen atoms in total. The molecule has 0 bridgehead atoms.